The molecule has 88 valence electrons. The van der Waals surface area contributed by atoms with E-state index >= 15 is 0 Å². The van der Waals surface area contributed by atoms with Gasteiger partial charge in [-0.15, -0.1) is 0 Å². The first kappa shape index (κ1) is 12.3. The van der Waals surface area contributed by atoms with E-state index in [-0.39, 0.29) is 0 Å². The van der Waals surface area contributed by atoms with Crippen LogP contribution in [0.3, 0.4) is 0 Å². The van der Waals surface area contributed by atoms with Gasteiger partial charge in [0.15, 0.2) is 0 Å². The lowest BCUT2D eigenvalue weighted by Crippen LogP contribution is -2.08. The molecule has 1 aromatic carbocycles. The van der Waals surface area contributed by atoms with Gasteiger partial charge in [0.1, 0.15) is 0 Å². The molecule has 2 rings (SSSR count). The van der Waals surface area contributed by atoms with Crippen LogP contribution in [0.2, 0.25) is 0 Å². The lowest BCUT2D eigenvalue weighted by molar-refractivity contribution is 0.885. The van der Waals surface area contributed by atoms with Gasteiger partial charge in [0.05, 0.1) is 5.52 Å². The number of aromatic nitrogens is 1. The van der Waals surface area contributed by atoms with Crippen molar-refractivity contribution in [3.8, 4) is 0 Å². The Hall–Kier alpha value is -1.19. The topological polar surface area (TPSA) is 24.9 Å². The fourth-order valence-corrected chi connectivity index (χ4v) is 2.32. The predicted octanol–water partition coefficient (Wildman–Crippen LogP) is 3.62. The molecule has 0 aliphatic rings. The quantitative estimate of drug-likeness (QED) is 0.934. The number of halogens is 1. The molecule has 2 nitrogen and oxygen atoms in total. The summed E-state index contributed by atoms with van der Waals surface area (Å²) in [5, 5.41) is 4.30. The summed E-state index contributed by atoms with van der Waals surface area (Å²) in [4.78, 5) is 4.46. The van der Waals surface area contributed by atoms with Crippen molar-refractivity contribution < 1.29 is 0 Å². The van der Waals surface area contributed by atoms with E-state index in [1.54, 1.807) is 0 Å². The average molecular weight is 291 g/mol. The molecule has 0 atom stereocenters. The van der Waals surface area contributed by atoms with Crippen molar-refractivity contribution in [3.63, 3.8) is 0 Å². The number of hydrogen-bond donors (Lipinski definition) is 1. The van der Waals surface area contributed by atoms with Crippen molar-refractivity contribution in [2.24, 2.45) is 0 Å². The molecule has 1 aromatic heterocycles. The highest BCUT2D eigenvalue weighted by atomic mass is 79.9. The average Bonchev–Trinajstić information content (AvgIpc) is 2.34. The maximum Gasteiger partial charge on any atom is 0.0785 e. The van der Waals surface area contributed by atoms with E-state index in [4.69, 9.17) is 0 Å². The number of rotatable bonds is 3. The van der Waals surface area contributed by atoms with Gasteiger partial charge in [-0.25, -0.2) is 0 Å². The number of fused-ring (bicyclic) bond motifs is 1. The lowest BCUT2D eigenvalue weighted by Gasteiger charge is -2.05. The number of nitrogens with zero attached hydrogens (tertiary/aromatic N) is 1. The third-order valence-electron chi connectivity index (χ3n) is 2.61. The highest BCUT2D eigenvalue weighted by Crippen LogP contribution is 2.26. The summed E-state index contributed by atoms with van der Waals surface area (Å²) in [6.45, 7) is 3.01. The van der Waals surface area contributed by atoms with E-state index in [2.05, 4.69) is 57.4 Å². The van der Waals surface area contributed by atoms with Crippen LogP contribution in [0.15, 0.2) is 40.5 Å². The van der Waals surface area contributed by atoms with Gasteiger partial charge in [-0.3, -0.25) is 4.98 Å². The SMILES string of the molecule is CNC/C(C)=C/c1ccc(Br)c2cccnc12. The van der Waals surface area contributed by atoms with Gasteiger partial charge in [-0.1, -0.05) is 39.7 Å². The molecular formula is C14H15BrN2. The van der Waals surface area contributed by atoms with Crippen LogP contribution in [0.25, 0.3) is 17.0 Å². The molecule has 1 N–H and O–H groups in total. The van der Waals surface area contributed by atoms with Crippen LogP contribution in [0.4, 0.5) is 0 Å². The maximum atomic E-state index is 4.46. The van der Waals surface area contributed by atoms with E-state index in [9.17, 15) is 0 Å². The van der Waals surface area contributed by atoms with E-state index in [0.29, 0.717) is 0 Å². The zero-order valence-electron chi connectivity index (χ0n) is 10.00. The Kier molecular flexibility index (Phi) is 3.92. The van der Waals surface area contributed by atoms with Gasteiger partial charge in [-0.05, 0) is 26.1 Å². The van der Waals surface area contributed by atoms with Gasteiger partial charge < -0.3 is 5.32 Å². The van der Waals surface area contributed by atoms with E-state index in [1.165, 1.54) is 5.57 Å². The fourth-order valence-electron chi connectivity index (χ4n) is 1.87. The molecular weight excluding hydrogens is 276 g/mol. The van der Waals surface area contributed by atoms with Crippen LogP contribution in [-0.4, -0.2) is 18.6 Å². The Balaban J connectivity index is 2.55. The second-order valence-electron chi connectivity index (χ2n) is 4.06. The Morgan fingerprint density at radius 2 is 2.24 bits per heavy atom. The zero-order chi connectivity index (χ0) is 12.3. The third kappa shape index (κ3) is 2.73. The second-order valence-corrected chi connectivity index (χ2v) is 4.91. The summed E-state index contributed by atoms with van der Waals surface area (Å²) in [6, 6.07) is 8.21. The Morgan fingerprint density at radius 1 is 1.41 bits per heavy atom. The maximum absolute atomic E-state index is 4.46. The molecule has 0 radical (unpaired) electrons. The summed E-state index contributed by atoms with van der Waals surface area (Å²) in [5.41, 5.74) is 3.50. The summed E-state index contributed by atoms with van der Waals surface area (Å²) < 4.78 is 1.09. The van der Waals surface area contributed by atoms with Crippen molar-refractivity contribution in [3.05, 3.63) is 46.1 Å². The zero-order valence-corrected chi connectivity index (χ0v) is 11.6. The first-order valence-electron chi connectivity index (χ1n) is 5.57. The van der Waals surface area contributed by atoms with Gasteiger partial charge in [0.25, 0.3) is 0 Å². The molecule has 0 unspecified atom stereocenters. The standard InChI is InChI=1S/C14H15BrN2/c1-10(9-16-2)8-11-5-6-13(15)12-4-3-7-17-14(11)12/h3-8,16H,9H2,1-2H3/b10-8+. The molecule has 0 spiro atoms. The minimum absolute atomic E-state index is 0.893. The van der Waals surface area contributed by atoms with Crippen molar-refractivity contribution >= 4 is 32.9 Å². The first-order chi connectivity index (χ1) is 8.22. The van der Waals surface area contributed by atoms with Crippen LogP contribution in [0.1, 0.15) is 12.5 Å². The molecule has 0 aliphatic heterocycles. The molecule has 0 bridgehead atoms. The normalized spacial score (nSPS) is 12.1. The highest BCUT2D eigenvalue weighted by molar-refractivity contribution is 9.10. The minimum Gasteiger partial charge on any atom is -0.316 e. The highest BCUT2D eigenvalue weighted by Gasteiger charge is 2.03. The smallest absolute Gasteiger partial charge is 0.0785 e. The summed E-state index contributed by atoms with van der Waals surface area (Å²) in [6.07, 6.45) is 4.01. The Bertz CT molecular complexity index is 561. The molecule has 2 aromatic rings. The Morgan fingerprint density at radius 3 is 3.00 bits per heavy atom. The molecule has 0 saturated carbocycles. The molecule has 0 saturated heterocycles. The van der Waals surface area contributed by atoms with Gasteiger partial charge in [0.2, 0.25) is 0 Å². The molecule has 3 heteroatoms. The van der Waals surface area contributed by atoms with Gasteiger partial charge >= 0.3 is 0 Å². The van der Waals surface area contributed by atoms with Crippen LogP contribution in [0, 0.1) is 0 Å². The van der Waals surface area contributed by atoms with Crippen LogP contribution < -0.4 is 5.32 Å². The van der Waals surface area contributed by atoms with Crippen LogP contribution in [0.5, 0.6) is 0 Å². The fraction of sp³-hybridized carbons (Fsp3) is 0.214. The van der Waals surface area contributed by atoms with Gasteiger partial charge in [0, 0.05) is 28.2 Å². The minimum atomic E-state index is 0.893. The van der Waals surface area contributed by atoms with Crippen molar-refractivity contribution in [2.75, 3.05) is 13.6 Å². The molecule has 0 amide bonds. The van der Waals surface area contributed by atoms with E-state index in [0.717, 1.165) is 27.5 Å². The summed E-state index contributed by atoms with van der Waals surface area (Å²) in [5.74, 6) is 0. The number of hydrogen-bond acceptors (Lipinski definition) is 2. The Labute approximate surface area is 110 Å². The van der Waals surface area contributed by atoms with Crippen molar-refractivity contribution in [2.45, 2.75) is 6.92 Å². The van der Waals surface area contributed by atoms with E-state index in [1.807, 2.05) is 19.3 Å². The van der Waals surface area contributed by atoms with Crippen LogP contribution in [-0.2, 0) is 0 Å². The van der Waals surface area contributed by atoms with E-state index < -0.39 is 0 Å². The molecule has 1 heterocycles. The second kappa shape index (κ2) is 5.43. The number of likely N-dealkylation sites (N-methyl/N-ethyl adjacent to an activating group) is 1. The molecule has 0 fully saturated rings. The monoisotopic (exact) mass is 290 g/mol. The number of nitrogens with one attached hydrogen (secondary N) is 1. The summed E-state index contributed by atoms with van der Waals surface area (Å²) >= 11 is 3.55. The predicted molar refractivity (Wildman–Crippen MR) is 77.0 cm³/mol. The van der Waals surface area contributed by atoms with Crippen molar-refractivity contribution in [1.29, 1.82) is 0 Å². The molecule has 17 heavy (non-hydrogen) atoms. The lowest BCUT2D eigenvalue weighted by atomic mass is 10.1. The largest absolute Gasteiger partial charge is 0.316 e. The first-order valence-corrected chi connectivity index (χ1v) is 6.36. The van der Waals surface area contributed by atoms with Gasteiger partial charge in [-0.2, -0.15) is 0 Å². The number of benzene rings is 1. The third-order valence-corrected chi connectivity index (χ3v) is 3.30. The summed E-state index contributed by atoms with van der Waals surface area (Å²) in [7, 11) is 1.95. The van der Waals surface area contributed by atoms with Crippen molar-refractivity contribution in [1.82, 2.24) is 10.3 Å². The number of pyridine rings is 1. The molecule has 0 aliphatic carbocycles. The van der Waals surface area contributed by atoms with Crippen LogP contribution >= 0.6 is 15.9 Å².